The van der Waals surface area contributed by atoms with E-state index in [2.05, 4.69) is 11.8 Å². The van der Waals surface area contributed by atoms with Gasteiger partial charge in [-0.05, 0) is 18.2 Å². The Morgan fingerprint density at radius 2 is 2.06 bits per heavy atom. The van der Waals surface area contributed by atoms with E-state index < -0.39 is 11.7 Å². The molecule has 0 heterocycles. The van der Waals surface area contributed by atoms with Gasteiger partial charge in [0.25, 0.3) is 0 Å². The van der Waals surface area contributed by atoms with E-state index in [-0.39, 0.29) is 24.2 Å². The van der Waals surface area contributed by atoms with Crippen molar-refractivity contribution in [1.29, 1.82) is 0 Å². The van der Waals surface area contributed by atoms with E-state index in [0.717, 1.165) is 18.2 Å². The molecule has 0 atom stereocenters. The van der Waals surface area contributed by atoms with Crippen molar-refractivity contribution in [3.8, 4) is 11.8 Å². The van der Waals surface area contributed by atoms with E-state index in [1.54, 1.807) is 0 Å². The standard InChI is InChI=1S/C12H9F3O2/c13-12(14,15)11-5-4-9(3-1-2-6-16)10(7-11)8-17/h4-5,7-8,16H,2,6H2. The Balaban J connectivity index is 3.12. The third-order valence-electron chi connectivity index (χ3n) is 1.97. The summed E-state index contributed by atoms with van der Waals surface area (Å²) < 4.78 is 37.1. The summed E-state index contributed by atoms with van der Waals surface area (Å²) in [6.45, 7) is -0.135. The van der Waals surface area contributed by atoms with Crippen molar-refractivity contribution in [2.75, 3.05) is 6.61 Å². The number of rotatable bonds is 2. The lowest BCUT2D eigenvalue weighted by Gasteiger charge is -2.07. The van der Waals surface area contributed by atoms with Gasteiger partial charge in [-0.3, -0.25) is 4.79 Å². The molecule has 0 radical (unpaired) electrons. The molecule has 0 spiro atoms. The Bertz CT molecular complexity index is 467. The zero-order valence-corrected chi connectivity index (χ0v) is 8.71. The number of hydrogen-bond acceptors (Lipinski definition) is 2. The first kappa shape index (κ1) is 13.3. The molecule has 1 rings (SSSR count). The molecule has 0 saturated carbocycles. The zero-order chi connectivity index (χ0) is 12.9. The first-order valence-electron chi connectivity index (χ1n) is 4.75. The molecule has 1 aromatic carbocycles. The summed E-state index contributed by atoms with van der Waals surface area (Å²) in [6, 6.07) is 2.78. The van der Waals surface area contributed by atoms with Gasteiger partial charge in [0.15, 0.2) is 6.29 Å². The van der Waals surface area contributed by atoms with Crippen molar-refractivity contribution in [2.45, 2.75) is 12.6 Å². The lowest BCUT2D eigenvalue weighted by molar-refractivity contribution is -0.137. The maximum absolute atomic E-state index is 12.4. The van der Waals surface area contributed by atoms with E-state index in [0.29, 0.717) is 6.29 Å². The predicted molar refractivity (Wildman–Crippen MR) is 55.4 cm³/mol. The van der Waals surface area contributed by atoms with Gasteiger partial charge >= 0.3 is 6.18 Å². The fourth-order valence-corrected chi connectivity index (χ4v) is 1.16. The maximum atomic E-state index is 12.4. The van der Waals surface area contributed by atoms with E-state index in [4.69, 9.17) is 5.11 Å². The summed E-state index contributed by atoms with van der Waals surface area (Å²) >= 11 is 0. The van der Waals surface area contributed by atoms with Crippen LogP contribution in [0.5, 0.6) is 0 Å². The van der Waals surface area contributed by atoms with Crippen LogP contribution in [0, 0.1) is 11.8 Å². The molecular weight excluding hydrogens is 233 g/mol. The second-order valence-corrected chi connectivity index (χ2v) is 3.19. The number of aliphatic hydroxyl groups is 1. The molecule has 1 N–H and O–H groups in total. The number of alkyl halides is 3. The van der Waals surface area contributed by atoms with Crippen LogP contribution in [0.15, 0.2) is 18.2 Å². The highest BCUT2D eigenvalue weighted by Gasteiger charge is 2.30. The normalized spacial score (nSPS) is 10.6. The average molecular weight is 242 g/mol. The number of hydrogen-bond donors (Lipinski definition) is 1. The number of benzene rings is 1. The first-order chi connectivity index (χ1) is 7.99. The summed E-state index contributed by atoms with van der Waals surface area (Å²) in [4.78, 5) is 10.7. The molecule has 2 nitrogen and oxygen atoms in total. The highest BCUT2D eigenvalue weighted by atomic mass is 19.4. The molecule has 17 heavy (non-hydrogen) atoms. The van der Waals surface area contributed by atoms with Crippen LogP contribution in [-0.4, -0.2) is 18.0 Å². The third kappa shape index (κ3) is 3.61. The maximum Gasteiger partial charge on any atom is 0.416 e. The van der Waals surface area contributed by atoms with Crippen molar-refractivity contribution >= 4 is 6.29 Å². The van der Waals surface area contributed by atoms with Crippen LogP contribution in [0.25, 0.3) is 0 Å². The molecule has 0 fully saturated rings. The Labute approximate surface area is 96.1 Å². The van der Waals surface area contributed by atoms with Crippen molar-refractivity contribution in [3.05, 3.63) is 34.9 Å². The second kappa shape index (κ2) is 5.51. The third-order valence-corrected chi connectivity index (χ3v) is 1.97. The van der Waals surface area contributed by atoms with Crippen LogP contribution in [0.4, 0.5) is 13.2 Å². The molecular formula is C12H9F3O2. The summed E-state index contributed by atoms with van der Waals surface area (Å²) in [7, 11) is 0. The molecule has 90 valence electrons. The van der Waals surface area contributed by atoms with Gasteiger partial charge in [0.05, 0.1) is 12.2 Å². The highest BCUT2D eigenvalue weighted by Crippen LogP contribution is 2.30. The van der Waals surface area contributed by atoms with Gasteiger partial charge in [-0.25, -0.2) is 0 Å². The minimum atomic E-state index is -4.48. The SMILES string of the molecule is O=Cc1cc(C(F)(F)F)ccc1C#CCCO. The highest BCUT2D eigenvalue weighted by molar-refractivity contribution is 5.79. The molecule has 1 aromatic rings. The molecule has 0 amide bonds. The molecule has 5 heteroatoms. The fourth-order valence-electron chi connectivity index (χ4n) is 1.16. The van der Waals surface area contributed by atoms with E-state index in [1.165, 1.54) is 0 Å². The zero-order valence-electron chi connectivity index (χ0n) is 8.71. The van der Waals surface area contributed by atoms with Crippen LogP contribution >= 0.6 is 0 Å². The number of aliphatic hydroxyl groups excluding tert-OH is 1. The van der Waals surface area contributed by atoms with Gasteiger partial charge in [-0.15, -0.1) is 0 Å². The smallest absolute Gasteiger partial charge is 0.395 e. The monoisotopic (exact) mass is 242 g/mol. The molecule has 0 aliphatic carbocycles. The Kier molecular flexibility index (Phi) is 4.30. The van der Waals surface area contributed by atoms with Crippen LogP contribution in [0.3, 0.4) is 0 Å². The van der Waals surface area contributed by atoms with Crippen LogP contribution in [0.2, 0.25) is 0 Å². The van der Waals surface area contributed by atoms with Gasteiger partial charge < -0.3 is 5.11 Å². The lowest BCUT2D eigenvalue weighted by Crippen LogP contribution is -2.06. The largest absolute Gasteiger partial charge is 0.416 e. The van der Waals surface area contributed by atoms with E-state index in [1.807, 2.05) is 0 Å². The molecule has 0 aliphatic heterocycles. The number of carbonyl (C=O) groups excluding carboxylic acids is 1. The van der Waals surface area contributed by atoms with Gasteiger partial charge in [-0.1, -0.05) is 11.8 Å². The minimum absolute atomic E-state index is 0.106. The van der Waals surface area contributed by atoms with Gasteiger partial charge in [0, 0.05) is 17.5 Å². The van der Waals surface area contributed by atoms with Crippen molar-refractivity contribution in [3.63, 3.8) is 0 Å². The van der Waals surface area contributed by atoms with E-state index in [9.17, 15) is 18.0 Å². The fraction of sp³-hybridized carbons (Fsp3) is 0.250. The molecule has 0 saturated heterocycles. The second-order valence-electron chi connectivity index (χ2n) is 3.19. The summed E-state index contributed by atoms with van der Waals surface area (Å²) in [5, 5.41) is 8.50. The summed E-state index contributed by atoms with van der Waals surface area (Å²) in [5.41, 5.74) is -0.765. The topological polar surface area (TPSA) is 37.3 Å². The van der Waals surface area contributed by atoms with Crippen LogP contribution in [0.1, 0.15) is 27.9 Å². The summed E-state index contributed by atoms with van der Waals surface area (Å²) in [6.07, 6.45) is -3.94. The average Bonchev–Trinajstić information content (AvgIpc) is 2.28. The molecule has 0 aliphatic rings. The van der Waals surface area contributed by atoms with Crippen molar-refractivity contribution in [1.82, 2.24) is 0 Å². The van der Waals surface area contributed by atoms with Crippen LogP contribution in [-0.2, 0) is 6.18 Å². The van der Waals surface area contributed by atoms with Crippen molar-refractivity contribution in [2.24, 2.45) is 0 Å². The van der Waals surface area contributed by atoms with E-state index >= 15 is 0 Å². The van der Waals surface area contributed by atoms with Crippen molar-refractivity contribution < 1.29 is 23.1 Å². The predicted octanol–water partition coefficient (Wildman–Crippen LogP) is 2.25. The lowest BCUT2D eigenvalue weighted by atomic mass is 10.0. The van der Waals surface area contributed by atoms with Gasteiger partial charge in [0.2, 0.25) is 0 Å². The Morgan fingerprint density at radius 1 is 1.35 bits per heavy atom. The van der Waals surface area contributed by atoms with Crippen LogP contribution < -0.4 is 0 Å². The Hall–Kier alpha value is -1.80. The molecule has 0 aromatic heterocycles. The molecule has 0 unspecified atom stereocenters. The van der Waals surface area contributed by atoms with Gasteiger partial charge in [-0.2, -0.15) is 13.2 Å². The molecule has 0 bridgehead atoms. The van der Waals surface area contributed by atoms with Gasteiger partial charge in [0.1, 0.15) is 0 Å². The first-order valence-corrected chi connectivity index (χ1v) is 4.75. The number of aldehydes is 1. The quantitative estimate of drug-likeness (QED) is 0.638. The minimum Gasteiger partial charge on any atom is -0.395 e. The Morgan fingerprint density at radius 3 is 2.59 bits per heavy atom. The summed E-state index contributed by atoms with van der Waals surface area (Å²) in [5.74, 6) is 5.08. The number of carbonyl (C=O) groups is 1. The number of halogens is 3.